The third-order valence-corrected chi connectivity index (χ3v) is 3.23. The van der Waals surface area contributed by atoms with Crippen molar-refractivity contribution in [2.24, 2.45) is 0 Å². The fourth-order valence-electron chi connectivity index (χ4n) is 2.20. The minimum atomic E-state index is -0.710. The summed E-state index contributed by atoms with van der Waals surface area (Å²) in [6.45, 7) is 2.25. The van der Waals surface area contributed by atoms with Gasteiger partial charge in [-0.2, -0.15) is 0 Å². The minimum Gasteiger partial charge on any atom is -0.451 e. The Morgan fingerprint density at radius 3 is 2.80 bits per heavy atom. The molecule has 20 heavy (non-hydrogen) atoms. The number of nitrogens with zero attached hydrogens (tertiary/aromatic N) is 1. The van der Waals surface area contributed by atoms with Gasteiger partial charge in [0.2, 0.25) is 0 Å². The maximum atomic E-state index is 12.4. The summed E-state index contributed by atoms with van der Waals surface area (Å²) in [6.07, 6.45) is -0.710. The highest BCUT2D eigenvalue weighted by Gasteiger charge is 2.22. The van der Waals surface area contributed by atoms with E-state index in [1.165, 1.54) is 12.0 Å². The van der Waals surface area contributed by atoms with Gasteiger partial charge in [-0.15, -0.1) is 0 Å². The Bertz CT molecular complexity index is 605. The maximum Gasteiger partial charge on any atom is 0.289 e. The molecular formula is C15H19NO4. The summed E-state index contributed by atoms with van der Waals surface area (Å²) in [5.74, 6) is 0.0761. The molecule has 0 saturated heterocycles. The van der Waals surface area contributed by atoms with Gasteiger partial charge in [0.25, 0.3) is 5.91 Å². The predicted octanol–water partition coefficient (Wildman–Crippen LogP) is 1.82. The number of likely N-dealkylation sites (N-methyl/N-ethyl adjacent to an activating group) is 1. The molecule has 108 valence electrons. The third-order valence-electron chi connectivity index (χ3n) is 3.23. The lowest BCUT2D eigenvalue weighted by Gasteiger charge is -2.19. The van der Waals surface area contributed by atoms with Crippen molar-refractivity contribution in [2.45, 2.75) is 13.0 Å². The zero-order chi connectivity index (χ0) is 14.7. The molecule has 0 aliphatic rings. The highest BCUT2D eigenvalue weighted by molar-refractivity contribution is 5.98. The second kappa shape index (κ2) is 6.07. The van der Waals surface area contributed by atoms with E-state index in [4.69, 9.17) is 9.15 Å². The largest absolute Gasteiger partial charge is 0.451 e. The van der Waals surface area contributed by atoms with Crippen LogP contribution < -0.4 is 0 Å². The number of hydrogen-bond donors (Lipinski definition) is 1. The first-order valence-electron chi connectivity index (χ1n) is 6.45. The van der Waals surface area contributed by atoms with Gasteiger partial charge < -0.3 is 19.2 Å². The van der Waals surface area contributed by atoms with Crippen LogP contribution in [0.5, 0.6) is 0 Å². The number of aryl methyl sites for hydroxylation is 1. The van der Waals surface area contributed by atoms with Crippen LogP contribution in [0.25, 0.3) is 11.0 Å². The Kier molecular flexibility index (Phi) is 4.42. The number of hydrogen-bond acceptors (Lipinski definition) is 4. The van der Waals surface area contributed by atoms with Crippen molar-refractivity contribution in [1.82, 2.24) is 4.90 Å². The van der Waals surface area contributed by atoms with E-state index in [2.05, 4.69) is 0 Å². The van der Waals surface area contributed by atoms with Crippen molar-refractivity contribution >= 4 is 16.9 Å². The smallest absolute Gasteiger partial charge is 0.289 e. The Morgan fingerprint density at radius 1 is 1.45 bits per heavy atom. The maximum absolute atomic E-state index is 12.4. The molecule has 1 aromatic heterocycles. The molecule has 0 aliphatic carbocycles. The average Bonchev–Trinajstić information content (AvgIpc) is 2.76. The van der Waals surface area contributed by atoms with Crippen LogP contribution in [0, 0.1) is 6.92 Å². The van der Waals surface area contributed by atoms with Crippen molar-refractivity contribution in [1.29, 1.82) is 0 Å². The highest BCUT2D eigenvalue weighted by Crippen LogP contribution is 2.25. The quantitative estimate of drug-likeness (QED) is 0.905. The molecule has 1 N–H and O–H groups in total. The molecule has 0 saturated carbocycles. The SMILES string of the molecule is COCC(O)CN(C)C(=O)c1oc2ccccc2c1C. The van der Waals surface area contributed by atoms with E-state index < -0.39 is 6.10 Å². The van der Waals surface area contributed by atoms with E-state index in [1.807, 2.05) is 31.2 Å². The fraction of sp³-hybridized carbons (Fsp3) is 0.400. The molecule has 0 bridgehead atoms. The Balaban J connectivity index is 2.20. The summed E-state index contributed by atoms with van der Waals surface area (Å²) in [6, 6.07) is 7.53. The van der Waals surface area contributed by atoms with E-state index in [1.54, 1.807) is 7.05 Å². The lowest BCUT2D eigenvalue weighted by atomic mass is 10.1. The molecule has 1 heterocycles. The van der Waals surface area contributed by atoms with Crippen LogP contribution in [0.15, 0.2) is 28.7 Å². The minimum absolute atomic E-state index is 0.191. The zero-order valence-corrected chi connectivity index (χ0v) is 11.9. The second-order valence-corrected chi connectivity index (χ2v) is 4.85. The van der Waals surface area contributed by atoms with Gasteiger partial charge in [0.05, 0.1) is 12.7 Å². The first-order chi connectivity index (χ1) is 9.54. The number of carbonyl (C=O) groups excluding carboxylic acids is 1. The number of ether oxygens (including phenoxy) is 1. The van der Waals surface area contributed by atoms with Crippen molar-refractivity contribution in [3.63, 3.8) is 0 Å². The van der Waals surface area contributed by atoms with Crippen LogP contribution in [-0.4, -0.2) is 49.3 Å². The molecule has 2 rings (SSSR count). The van der Waals surface area contributed by atoms with E-state index in [-0.39, 0.29) is 19.1 Å². The number of para-hydroxylation sites is 1. The van der Waals surface area contributed by atoms with Gasteiger partial charge in [0.15, 0.2) is 5.76 Å². The molecule has 1 amide bonds. The number of furan rings is 1. The molecular weight excluding hydrogens is 258 g/mol. The molecule has 5 nitrogen and oxygen atoms in total. The number of aliphatic hydroxyl groups is 1. The van der Waals surface area contributed by atoms with Gasteiger partial charge in [-0.25, -0.2) is 0 Å². The summed E-state index contributed by atoms with van der Waals surface area (Å²) in [5, 5.41) is 10.6. The number of aliphatic hydroxyl groups excluding tert-OH is 1. The Morgan fingerprint density at radius 2 is 2.15 bits per heavy atom. The average molecular weight is 277 g/mol. The summed E-state index contributed by atoms with van der Waals surface area (Å²) in [7, 11) is 3.14. The third kappa shape index (κ3) is 2.84. The summed E-state index contributed by atoms with van der Waals surface area (Å²) in [4.78, 5) is 13.8. The standard InChI is InChI=1S/C15H19NO4/c1-10-12-6-4-5-7-13(12)20-14(10)15(18)16(2)8-11(17)9-19-3/h4-7,11,17H,8-9H2,1-3H3. The molecule has 0 spiro atoms. The van der Waals surface area contributed by atoms with E-state index >= 15 is 0 Å². The monoisotopic (exact) mass is 277 g/mol. The number of fused-ring (bicyclic) bond motifs is 1. The van der Waals surface area contributed by atoms with E-state index in [0.29, 0.717) is 11.3 Å². The summed E-state index contributed by atoms with van der Waals surface area (Å²) in [5.41, 5.74) is 1.51. The van der Waals surface area contributed by atoms with Gasteiger partial charge in [-0.05, 0) is 13.0 Å². The zero-order valence-electron chi connectivity index (χ0n) is 11.9. The molecule has 0 radical (unpaired) electrons. The molecule has 1 unspecified atom stereocenters. The van der Waals surface area contributed by atoms with Crippen LogP contribution >= 0.6 is 0 Å². The molecule has 1 atom stereocenters. The first kappa shape index (κ1) is 14.6. The number of amides is 1. The number of rotatable bonds is 5. The van der Waals surface area contributed by atoms with E-state index in [0.717, 1.165) is 10.9 Å². The van der Waals surface area contributed by atoms with Crippen molar-refractivity contribution in [3.8, 4) is 0 Å². The fourth-order valence-corrected chi connectivity index (χ4v) is 2.20. The molecule has 2 aromatic rings. The molecule has 0 aliphatic heterocycles. The van der Waals surface area contributed by atoms with Crippen LogP contribution in [0.4, 0.5) is 0 Å². The van der Waals surface area contributed by atoms with Crippen LogP contribution in [0.3, 0.4) is 0 Å². The number of carbonyl (C=O) groups is 1. The Labute approximate surface area is 117 Å². The van der Waals surface area contributed by atoms with Gasteiger partial charge in [-0.1, -0.05) is 18.2 Å². The van der Waals surface area contributed by atoms with Crippen molar-refractivity contribution in [3.05, 3.63) is 35.6 Å². The van der Waals surface area contributed by atoms with Crippen LogP contribution in [0.1, 0.15) is 16.1 Å². The van der Waals surface area contributed by atoms with Crippen molar-refractivity contribution < 1.29 is 19.1 Å². The van der Waals surface area contributed by atoms with E-state index in [9.17, 15) is 9.90 Å². The Hall–Kier alpha value is -1.85. The van der Waals surface area contributed by atoms with Crippen molar-refractivity contribution in [2.75, 3.05) is 27.3 Å². The van der Waals surface area contributed by atoms with Gasteiger partial charge >= 0.3 is 0 Å². The number of methoxy groups -OCH3 is 1. The second-order valence-electron chi connectivity index (χ2n) is 4.85. The van der Waals surface area contributed by atoms with Gasteiger partial charge in [-0.3, -0.25) is 4.79 Å². The number of benzene rings is 1. The van der Waals surface area contributed by atoms with Gasteiger partial charge in [0.1, 0.15) is 5.58 Å². The lowest BCUT2D eigenvalue weighted by Crippen LogP contribution is -2.36. The molecule has 0 fully saturated rings. The molecule has 5 heteroatoms. The van der Waals surface area contributed by atoms with Gasteiger partial charge in [0, 0.05) is 31.7 Å². The highest BCUT2D eigenvalue weighted by atomic mass is 16.5. The topological polar surface area (TPSA) is 62.9 Å². The first-order valence-corrected chi connectivity index (χ1v) is 6.45. The van der Waals surface area contributed by atoms with Crippen LogP contribution in [0.2, 0.25) is 0 Å². The van der Waals surface area contributed by atoms with Crippen LogP contribution in [-0.2, 0) is 4.74 Å². The summed E-state index contributed by atoms with van der Waals surface area (Å²) < 4.78 is 10.5. The normalized spacial score (nSPS) is 12.6. The summed E-state index contributed by atoms with van der Waals surface area (Å²) >= 11 is 0. The molecule has 1 aromatic carbocycles. The predicted molar refractivity (Wildman–Crippen MR) is 75.8 cm³/mol. The lowest BCUT2D eigenvalue weighted by molar-refractivity contribution is 0.0368.